The van der Waals surface area contributed by atoms with Crippen LogP contribution in [0, 0.1) is 5.82 Å². The van der Waals surface area contributed by atoms with Crippen molar-refractivity contribution >= 4 is 33.8 Å². The Balaban J connectivity index is 2.02. The molecule has 0 unspecified atom stereocenters. The van der Waals surface area contributed by atoms with Crippen molar-refractivity contribution in [3.63, 3.8) is 0 Å². The molecule has 0 heterocycles. The number of hydrogen-bond acceptors (Lipinski definition) is 6. The van der Waals surface area contributed by atoms with Crippen LogP contribution in [-0.4, -0.2) is 46.4 Å². The molecule has 0 bridgehead atoms. The first-order valence-corrected chi connectivity index (χ1v) is 9.79. The van der Waals surface area contributed by atoms with Crippen LogP contribution in [0.4, 0.5) is 10.1 Å². The van der Waals surface area contributed by atoms with Crippen LogP contribution in [0.1, 0.15) is 15.9 Å². The second kappa shape index (κ2) is 9.09. The van der Waals surface area contributed by atoms with E-state index in [1.807, 2.05) is 0 Å². The van der Waals surface area contributed by atoms with Gasteiger partial charge in [-0.05, 0) is 42.0 Å². The lowest BCUT2D eigenvalue weighted by Gasteiger charge is -2.21. The second-order valence-corrected chi connectivity index (χ2v) is 7.56. The quantitative estimate of drug-likeness (QED) is 0.426. The molecule has 0 aromatic heterocycles. The molecule has 2 aromatic rings. The Morgan fingerprint density at radius 3 is 2.29 bits per heavy atom. The van der Waals surface area contributed by atoms with Gasteiger partial charge in [0.05, 0.1) is 30.8 Å². The molecule has 0 fully saturated rings. The highest BCUT2D eigenvalue weighted by Gasteiger charge is 2.20. The molecule has 0 aliphatic heterocycles. The summed E-state index contributed by atoms with van der Waals surface area (Å²) in [5, 5.41) is 3.76. The number of nitrogens with one attached hydrogen (secondary N) is 1. The third-order valence-electron chi connectivity index (χ3n) is 3.54. The average Bonchev–Trinajstić information content (AvgIpc) is 2.66. The lowest BCUT2D eigenvalue weighted by molar-refractivity contribution is -0.119. The van der Waals surface area contributed by atoms with Crippen molar-refractivity contribution in [1.29, 1.82) is 0 Å². The minimum atomic E-state index is -3.76. The number of hydrogen-bond donors (Lipinski definition) is 1. The molecule has 2 aromatic carbocycles. The summed E-state index contributed by atoms with van der Waals surface area (Å²) in [6.07, 6.45) is 2.28. The Morgan fingerprint density at radius 2 is 1.75 bits per heavy atom. The van der Waals surface area contributed by atoms with Gasteiger partial charge in [-0.1, -0.05) is 12.1 Å². The molecule has 0 saturated heterocycles. The van der Waals surface area contributed by atoms with Crippen LogP contribution >= 0.6 is 0 Å². The number of nitrogens with zero attached hydrogens (tertiary/aromatic N) is 2. The summed E-state index contributed by atoms with van der Waals surface area (Å²) in [5.41, 5.74) is 3.35. The van der Waals surface area contributed by atoms with Crippen molar-refractivity contribution in [3.05, 3.63) is 65.5 Å². The van der Waals surface area contributed by atoms with Gasteiger partial charge in [-0.25, -0.2) is 23.0 Å². The standard InChI is InChI=1S/C18H18FN3O5S/c1-27-18(24)14-5-3-13(4-6-14)11-20-21-17(23)12-22(28(2,25)26)16-9-7-15(19)8-10-16/h3-11H,12H2,1-2H3,(H,21,23)/b20-11-. The number of ether oxygens (including phenoxy) is 1. The maximum Gasteiger partial charge on any atom is 0.337 e. The molecule has 0 atom stereocenters. The number of methoxy groups -OCH3 is 1. The molecule has 8 nitrogen and oxygen atoms in total. The highest BCUT2D eigenvalue weighted by Crippen LogP contribution is 2.17. The van der Waals surface area contributed by atoms with Gasteiger partial charge in [-0.3, -0.25) is 9.10 Å². The van der Waals surface area contributed by atoms with E-state index in [2.05, 4.69) is 15.3 Å². The van der Waals surface area contributed by atoms with E-state index in [1.165, 1.54) is 37.6 Å². The average molecular weight is 407 g/mol. The van der Waals surface area contributed by atoms with E-state index < -0.39 is 34.3 Å². The van der Waals surface area contributed by atoms with Crippen molar-refractivity contribution in [2.75, 3.05) is 24.2 Å². The number of sulfonamides is 1. The highest BCUT2D eigenvalue weighted by atomic mass is 32.2. The first-order chi connectivity index (χ1) is 13.2. The first kappa shape index (κ1) is 21.0. The lowest BCUT2D eigenvalue weighted by atomic mass is 10.1. The second-order valence-electron chi connectivity index (χ2n) is 5.65. The van der Waals surface area contributed by atoms with Crippen molar-refractivity contribution < 1.29 is 27.1 Å². The zero-order chi connectivity index (χ0) is 20.7. The molecule has 0 saturated carbocycles. The molecule has 28 heavy (non-hydrogen) atoms. The lowest BCUT2D eigenvalue weighted by Crippen LogP contribution is -2.39. The van der Waals surface area contributed by atoms with Gasteiger partial charge in [0.25, 0.3) is 5.91 Å². The van der Waals surface area contributed by atoms with Crippen LogP contribution in [0.15, 0.2) is 53.6 Å². The van der Waals surface area contributed by atoms with E-state index in [-0.39, 0.29) is 5.69 Å². The number of carbonyl (C=O) groups is 2. The van der Waals surface area contributed by atoms with E-state index in [1.54, 1.807) is 12.1 Å². The van der Waals surface area contributed by atoms with Gasteiger partial charge in [0.2, 0.25) is 10.0 Å². The van der Waals surface area contributed by atoms with Crippen LogP contribution in [0.3, 0.4) is 0 Å². The molecule has 148 valence electrons. The molecule has 0 radical (unpaired) electrons. The first-order valence-electron chi connectivity index (χ1n) is 7.94. The van der Waals surface area contributed by atoms with Crippen molar-refractivity contribution in [2.24, 2.45) is 5.10 Å². The van der Waals surface area contributed by atoms with Crippen LogP contribution in [0.5, 0.6) is 0 Å². The number of benzene rings is 2. The normalized spacial score (nSPS) is 11.2. The van der Waals surface area contributed by atoms with E-state index in [4.69, 9.17) is 0 Å². The number of hydrazone groups is 1. The highest BCUT2D eigenvalue weighted by molar-refractivity contribution is 7.92. The maximum absolute atomic E-state index is 13.0. The van der Waals surface area contributed by atoms with E-state index in [9.17, 15) is 22.4 Å². The number of anilines is 1. The fourth-order valence-corrected chi connectivity index (χ4v) is 3.03. The minimum Gasteiger partial charge on any atom is -0.465 e. The van der Waals surface area contributed by atoms with Crippen molar-refractivity contribution in [2.45, 2.75) is 0 Å². The van der Waals surface area contributed by atoms with Crippen LogP contribution < -0.4 is 9.73 Å². The Kier molecular flexibility index (Phi) is 6.83. The predicted molar refractivity (Wildman–Crippen MR) is 102 cm³/mol. The topological polar surface area (TPSA) is 105 Å². The number of esters is 1. The Bertz CT molecular complexity index is 973. The molecule has 0 aliphatic rings. The van der Waals surface area contributed by atoms with Crippen molar-refractivity contribution in [1.82, 2.24) is 5.43 Å². The molecular weight excluding hydrogens is 389 g/mol. The smallest absolute Gasteiger partial charge is 0.337 e. The summed E-state index contributed by atoms with van der Waals surface area (Å²) in [6, 6.07) is 11.0. The number of amides is 1. The Labute approximate surface area is 161 Å². The Morgan fingerprint density at radius 1 is 1.14 bits per heavy atom. The zero-order valence-electron chi connectivity index (χ0n) is 15.1. The summed E-state index contributed by atoms with van der Waals surface area (Å²) in [4.78, 5) is 23.4. The largest absolute Gasteiger partial charge is 0.465 e. The van der Waals surface area contributed by atoms with Gasteiger partial charge in [-0.2, -0.15) is 5.10 Å². The molecule has 1 amide bonds. The van der Waals surface area contributed by atoms with E-state index in [0.29, 0.717) is 11.1 Å². The summed E-state index contributed by atoms with van der Waals surface area (Å²) in [6.45, 7) is -0.525. The fraction of sp³-hybridized carbons (Fsp3) is 0.167. The third-order valence-corrected chi connectivity index (χ3v) is 4.68. The predicted octanol–water partition coefficient (Wildman–Crippen LogP) is 1.53. The summed E-state index contributed by atoms with van der Waals surface area (Å²) in [5.74, 6) is -1.68. The summed E-state index contributed by atoms with van der Waals surface area (Å²) >= 11 is 0. The molecule has 1 N–H and O–H groups in total. The molecule has 0 aliphatic carbocycles. The maximum atomic E-state index is 13.0. The van der Waals surface area contributed by atoms with Gasteiger partial charge in [0.15, 0.2) is 0 Å². The van der Waals surface area contributed by atoms with Crippen LogP contribution in [-0.2, 0) is 19.6 Å². The molecule has 10 heteroatoms. The minimum absolute atomic E-state index is 0.154. The van der Waals surface area contributed by atoms with Gasteiger partial charge in [0, 0.05) is 0 Å². The number of carbonyl (C=O) groups excluding carboxylic acids is 2. The summed E-state index contributed by atoms with van der Waals surface area (Å²) in [7, 11) is -2.49. The number of halogens is 1. The monoisotopic (exact) mass is 407 g/mol. The van der Waals surface area contributed by atoms with Crippen LogP contribution in [0.25, 0.3) is 0 Å². The summed E-state index contributed by atoms with van der Waals surface area (Å²) < 4.78 is 42.3. The van der Waals surface area contributed by atoms with Gasteiger partial charge in [0.1, 0.15) is 12.4 Å². The van der Waals surface area contributed by atoms with Gasteiger partial charge >= 0.3 is 5.97 Å². The van der Waals surface area contributed by atoms with E-state index >= 15 is 0 Å². The third kappa shape index (κ3) is 5.88. The Hall–Kier alpha value is -3.27. The van der Waals surface area contributed by atoms with E-state index in [0.717, 1.165) is 22.7 Å². The zero-order valence-corrected chi connectivity index (χ0v) is 15.9. The molecule has 2 rings (SSSR count). The van der Waals surface area contributed by atoms with Gasteiger partial charge < -0.3 is 4.74 Å². The molecular formula is C18H18FN3O5S. The molecule has 0 spiro atoms. The van der Waals surface area contributed by atoms with Gasteiger partial charge in [-0.15, -0.1) is 0 Å². The number of rotatable bonds is 7. The van der Waals surface area contributed by atoms with Crippen molar-refractivity contribution in [3.8, 4) is 0 Å². The fourth-order valence-electron chi connectivity index (χ4n) is 2.18. The van der Waals surface area contributed by atoms with Crippen LogP contribution in [0.2, 0.25) is 0 Å². The SMILES string of the molecule is COC(=O)c1ccc(/C=N\NC(=O)CN(c2ccc(F)cc2)S(C)(=O)=O)cc1.